The molecule has 3 rings (SSSR count). The van der Waals surface area contributed by atoms with Crippen LogP contribution in [0.1, 0.15) is 28.8 Å². The number of aromatic nitrogens is 1. The fraction of sp³-hybridized carbons (Fsp3) is 0.267. The SMILES string of the molecule is O=C(c1ccn(Cc2cc(F)cc([N+](=O)[O-])c2)c1)C1CC1. The molecule has 1 heterocycles. The maximum Gasteiger partial charge on any atom is 0.272 e. The summed E-state index contributed by atoms with van der Waals surface area (Å²) in [6.45, 7) is 0.288. The molecule has 1 saturated carbocycles. The summed E-state index contributed by atoms with van der Waals surface area (Å²) in [6, 6.07) is 5.22. The third-order valence-corrected chi connectivity index (χ3v) is 3.50. The molecule has 0 radical (unpaired) electrons. The van der Waals surface area contributed by atoms with Crippen molar-refractivity contribution in [2.24, 2.45) is 5.92 Å². The summed E-state index contributed by atoms with van der Waals surface area (Å²) >= 11 is 0. The van der Waals surface area contributed by atoms with Crippen molar-refractivity contribution in [3.05, 3.63) is 63.7 Å². The lowest BCUT2D eigenvalue weighted by Crippen LogP contribution is -2.01. The molecule has 1 fully saturated rings. The fourth-order valence-corrected chi connectivity index (χ4v) is 2.31. The Kier molecular flexibility index (Phi) is 3.29. The van der Waals surface area contributed by atoms with Crippen molar-refractivity contribution in [1.82, 2.24) is 4.57 Å². The lowest BCUT2D eigenvalue weighted by molar-refractivity contribution is -0.385. The zero-order valence-electron chi connectivity index (χ0n) is 11.2. The summed E-state index contributed by atoms with van der Waals surface area (Å²) in [5.41, 5.74) is 0.859. The second kappa shape index (κ2) is 5.12. The highest BCUT2D eigenvalue weighted by Gasteiger charge is 2.30. The number of rotatable bonds is 5. The molecule has 0 amide bonds. The van der Waals surface area contributed by atoms with E-state index in [9.17, 15) is 19.3 Å². The van der Waals surface area contributed by atoms with Gasteiger partial charge in [0.1, 0.15) is 5.82 Å². The van der Waals surface area contributed by atoms with Crippen LogP contribution in [0.15, 0.2) is 36.7 Å². The first kappa shape index (κ1) is 13.5. The molecule has 1 aromatic carbocycles. The van der Waals surface area contributed by atoms with E-state index < -0.39 is 10.7 Å². The van der Waals surface area contributed by atoms with Crippen molar-refractivity contribution in [1.29, 1.82) is 0 Å². The van der Waals surface area contributed by atoms with Gasteiger partial charge in [0.2, 0.25) is 0 Å². The smallest absolute Gasteiger partial charge is 0.272 e. The molecule has 0 aliphatic heterocycles. The van der Waals surface area contributed by atoms with Crippen molar-refractivity contribution in [3.8, 4) is 0 Å². The molecule has 1 aromatic heterocycles. The summed E-state index contributed by atoms with van der Waals surface area (Å²) in [4.78, 5) is 22.0. The Morgan fingerprint density at radius 1 is 1.38 bits per heavy atom. The average Bonchev–Trinajstić information content (AvgIpc) is 3.18. The Hall–Kier alpha value is -2.50. The Morgan fingerprint density at radius 3 is 2.81 bits per heavy atom. The van der Waals surface area contributed by atoms with E-state index in [0.717, 1.165) is 18.9 Å². The van der Waals surface area contributed by atoms with Gasteiger partial charge in [0.05, 0.1) is 11.0 Å². The Morgan fingerprint density at radius 2 is 2.14 bits per heavy atom. The monoisotopic (exact) mass is 288 g/mol. The van der Waals surface area contributed by atoms with E-state index in [-0.39, 0.29) is 23.9 Å². The van der Waals surface area contributed by atoms with Crippen LogP contribution in [0.4, 0.5) is 10.1 Å². The van der Waals surface area contributed by atoms with Crippen molar-refractivity contribution >= 4 is 11.5 Å². The highest BCUT2D eigenvalue weighted by Crippen LogP contribution is 2.32. The van der Waals surface area contributed by atoms with Gasteiger partial charge in [-0.25, -0.2) is 4.39 Å². The number of ketones is 1. The van der Waals surface area contributed by atoms with Crippen LogP contribution in [-0.2, 0) is 6.54 Å². The van der Waals surface area contributed by atoms with Crippen LogP contribution in [0.3, 0.4) is 0 Å². The molecule has 5 nitrogen and oxygen atoms in total. The number of carbonyl (C=O) groups excluding carboxylic acids is 1. The molecule has 6 heteroatoms. The molecule has 1 aliphatic carbocycles. The molecular formula is C15H13FN2O3. The summed E-state index contributed by atoms with van der Waals surface area (Å²) in [6.07, 6.45) is 5.32. The first-order valence-corrected chi connectivity index (χ1v) is 6.67. The van der Waals surface area contributed by atoms with Gasteiger partial charge in [-0.2, -0.15) is 0 Å². The summed E-state index contributed by atoms with van der Waals surface area (Å²) in [5, 5.41) is 10.7. The molecule has 0 atom stereocenters. The molecule has 1 aliphatic rings. The maximum atomic E-state index is 13.4. The number of nitrogens with zero attached hydrogens (tertiary/aromatic N) is 2. The van der Waals surface area contributed by atoms with Gasteiger partial charge in [-0.3, -0.25) is 14.9 Å². The second-order valence-electron chi connectivity index (χ2n) is 5.29. The van der Waals surface area contributed by atoms with Crippen LogP contribution in [0.5, 0.6) is 0 Å². The molecule has 0 unspecified atom stereocenters. The zero-order valence-corrected chi connectivity index (χ0v) is 11.2. The molecule has 0 bridgehead atoms. The number of nitro benzene ring substituents is 1. The van der Waals surface area contributed by atoms with Gasteiger partial charge >= 0.3 is 0 Å². The van der Waals surface area contributed by atoms with Crippen LogP contribution in [0, 0.1) is 21.8 Å². The van der Waals surface area contributed by atoms with Gasteiger partial charge in [0.15, 0.2) is 5.78 Å². The van der Waals surface area contributed by atoms with E-state index in [1.54, 1.807) is 23.0 Å². The molecule has 2 aromatic rings. The minimum absolute atomic E-state index is 0.138. The highest BCUT2D eigenvalue weighted by atomic mass is 19.1. The molecule has 108 valence electrons. The predicted molar refractivity (Wildman–Crippen MR) is 73.6 cm³/mol. The molecule has 0 N–H and O–H groups in total. The first-order valence-electron chi connectivity index (χ1n) is 6.67. The summed E-state index contributed by atoms with van der Waals surface area (Å²) in [5.74, 6) is -0.351. The lowest BCUT2D eigenvalue weighted by Gasteiger charge is -2.04. The molecule has 21 heavy (non-hydrogen) atoms. The van der Waals surface area contributed by atoms with Crippen molar-refractivity contribution in [2.45, 2.75) is 19.4 Å². The number of hydrogen-bond donors (Lipinski definition) is 0. The van der Waals surface area contributed by atoms with Crippen molar-refractivity contribution < 1.29 is 14.1 Å². The lowest BCUT2D eigenvalue weighted by atomic mass is 10.1. The normalized spacial score (nSPS) is 14.1. The fourth-order valence-electron chi connectivity index (χ4n) is 2.31. The van der Waals surface area contributed by atoms with E-state index in [1.165, 1.54) is 12.1 Å². The summed E-state index contributed by atoms with van der Waals surface area (Å²) < 4.78 is 15.1. The Balaban J connectivity index is 1.80. The number of non-ortho nitro benzene ring substituents is 1. The Bertz CT molecular complexity index is 719. The second-order valence-corrected chi connectivity index (χ2v) is 5.29. The first-order chi connectivity index (χ1) is 10.0. The van der Waals surface area contributed by atoms with E-state index in [2.05, 4.69) is 0 Å². The number of nitro groups is 1. The van der Waals surface area contributed by atoms with Crippen LogP contribution in [0.2, 0.25) is 0 Å². The largest absolute Gasteiger partial charge is 0.349 e. The van der Waals surface area contributed by atoms with Crippen molar-refractivity contribution in [2.75, 3.05) is 0 Å². The van der Waals surface area contributed by atoms with Crippen LogP contribution in [0.25, 0.3) is 0 Å². The molecular weight excluding hydrogens is 275 g/mol. The highest BCUT2D eigenvalue weighted by molar-refractivity contribution is 5.99. The quantitative estimate of drug-likeness (QED) is 0.482. The van der Waals surface area contributed by atoms with Crippen LogP contribution >= 0.6 is 0 Å². The van der Waals surface area contributed by atoms with Gasteiger partial charge in [-0.1, -0.05) is 0 Å². The number of hydrogen-bond acceptors (Lipinski definition) is 3. The van der Waals surface area contributed by atoms with E-state index in [1.807, 2.05) is 0 Å². The van der Waals surface area contributed by atoms with E-state index in [0.29, 0.717) is 11.1 Å². The zero-order chi connectivity index (χ0) is 15.0. The van der Waals surface area contributed by atoms with Gasteiger partial charge in [-0.15, -0.1) is 0 Å². The minimum Gasteiger partial charge on any atom is -0.349 e. The van der Waals surface area contributed by atoms with Crippen molar-refractivity contribution in [3.63, 3.8) is 0 Å². The van der Waals surface area contributed by atoms with Crippen LogP contribution in [-0.4, -0.2) is 15.3 Å². The molecule has 0 saturated heterocycles. The summed E-state index contributed by atoms with van der Waals surface area (Å²) in [7, 11) is 0. The number of halogens is 1. The van der Waals surface area contributed by atoms with Gasteiger partial charge in [-0.05, 0) is 30.5 Å². The third-order valence-electron chi connectivity index (χ3n) is 3.50. The van der Waals surface area contributed by atoms with E-state index >= 15 is 0 Å². The topological polar surface area (TPSA) is 65.1 Å². The maximum absolute atomic E-state index is 13.4. The van der Waals surface area contributed by atoms with Crippen LogP contribution < -0.4 is 0 Å². The number of Topliss-reactive ketones (excluding diaryl/α,β-unsaturated/α-hetero) is 1. The average molecular weight is 288 g/mol. The van der Waals surface area contributed by atoms with Gasteiger partial charge in [0.25, 0.3) is 5.69 Å². The number of carbonyl (C=O) groups is 1. The third kappa shape index (κ3) is 2.99. The minimum atomic E-state index is -0.638. The predicted octanol–water partition coefficient (Wildman–Crippen LogP) is 3.18. The standard InChI is InChI=1S/C15H13FN2O3/c16-13-5-10(6-14(7-13)18(20)21)8-17-4-3-12(9-17)15(19)11-1-2-11/h3-7,9,11H,1-2,8H2. The number of benzene rings is 1. The van der Waals surface area contributed by atoms with Gasteiger partial charge in [0, 0.05) is 36.5 Å². The van der Waals surface area contributed by atoms with Gasteiger partial charge < -0.3 is 4.57 Å². The Labute approximate surface area is 120 Å². The van der Waals surface area contributed by atoms with E-state index in [4.69, 9.17) is 0 Å². The molecule has 0 spiro atoms.